The lowest BCUT2D eigenvalue weighted by atomic mass is 10.1. The molecule has 1 aromatic rings. The summed E-state index contributed by atoms with van der Waals surface area (Å²) >= 11 is 0. The van der Waals surface area contributed by atoms with Gasteiger partial charge in [0.05, 0.1) is 10.7 Å². The minimum atomic E-state index is -3.70. The Morgan fingerprint density at radius 2 is 2.24 bits per heavy atom. The van der Waals surface area contributed by atoms with Crippen LogP contribution in [0.2, 0.25) is 0 Å². The second-order valence-electron chi connectivity index (χ2n) is 4.96. The monoisotopic (exact) mass is 314 g/mol. The van der Waals surface area contributed by atoms with Crippen molar-refractivity contribution in [1.82, 2.24) is 4.98 Å². The summed E-state index contributed by atoms with van der Waals surface area (Å²) in [6.45, 7) is 1.60. The van der Waals surface area contributed by atoms with Gasteiger partial charge in [-0.05, 0) is 13.0 Å². The molecule has 2 N–H and O–H groups in total. The molecule has 21 heavy (non-hydrogen) atoms. The Morgan fingerprint density at radius 1 is 1.57 bits per heavy atom. The van der Waals surface area contributed by atoms with Gasteiger partial charge in [0, 0.05) is 30.6 Å². The van der Waals surface area contributed by atoms with Crippen molar-refractivity contribution >= 4 is 27.4 Å². The van der Waals surface area contributed by atoms with Gasteiger partial charge in [-0.2, -0.15) is 0 Å². The topological polar surface area (TPSA) is 137 Å². The van der Waals surface area contributed by atoms with Gasteiger partial charge in [-0.25, -0.2) is 18.5 Å². The van der Waals surface area contributed by atoms with Gasteiger partial charge in [-0.15, -0.1) is 0 Å². The van der Waals surface area contributed by atoms with E-state index in [-0.39, 0.29) is 30.2 Å². The van der Waals surface area contributed by atoms with Gasteiger partial charge < -0.3 is 0 Å². The summed E-state index contributed by atoms with van der Waals surface area (Å²) in [5, 5.41) is 16.1. The number of carbonyl (C=O) groups is 1. The molecule has 0 aromatic carbocycles. The molecule has 1 aliphatic rings. The number of hydrogen-bond acceptors (Lipinski definition) is 6. The number of sulfonamides is 1. The third kappa shape index (κ3) is 3.34. The summed E-state index contributed by atoms with van der Waals surface area (Å²) in [7, 11) is -3.70. The van der Waals surface area contributed by atoms with E-state index < -0.39 is 26.8 Å². The smallest absolute Gasteiger partial charge is 0.291 e. The summed E-state index contributed by atoms with van der Waals surface area (Å²) in [6.07, 6.45) is 1.35. The average molecular weight is 314 g/mol. The molecular formula is C11H14N4O5S. The van der Waals surface area contributed by atoms with Crippen LogP contribution < -0.4 is 10.0 Å². The van der Waals surface area contributed by atoms with Gasteiger partial charge >= 0.3 is 5.69 Å². The van der Waals surface area contributed by atoms with Crippen molar-refractivity contribution in [2.24, 2.45) is 11.1 Å². The first-order chi connectivity index (χ1) is 9.69. The summed E-state index contributed by atoms with van der Waals surface area (Å²) in [5.74, 6) is -1.28. The SMILES string of the molecule is Cc1ccnc(N2CC(CS(N)(=O)=O)CC2=O)c1[N+](=O)[O-]. The summed E-state index contributed by atoms with van der Waals surface area (Å²) < 4.78 is 22.2. The van der Waals surface area contributed by atoms with Crippen LogP contribution in [0, 0.1) is 23.0 Å². The highest BCUT2D eigenvalue weighted by Crippen LogP contribution is 2.33. The Kier molecular flexibility index (Phi) is 3.92. The lowest BCUT2D eigenvalue weighted by Crippen LogP contribution is -2.28. The Balaban J connectivity index is 2.34. The highest BCUT2D eigenvalue weighted by atomic mass is 32.2. The molecule has 0 spiro atoms. The standard InChI is InChI=1S/C11H14N4O5S/c1-7-2-3-13-11(10(7)15(17)18)14-5-8(4-9(14)16)6-21(12,19)20/h2-3,8H,4-6H2,1H3,(H2,12,19,20). The number of pyridine rings is 1. The fourth-order valence-corrected chi connectivity index (χ4v) is 3.27. The zero-order valence-electron chi connectivity index (χ0n) is 11.2. The van der Waals surface area contributed by atoms with E-state index in [2.05, 4.69) is 4.98 Å². The molecule has 0 aliphatic carbocycles. The Morgan fingerprint density at radius 3 is 2.81 bits per heavy atom. The third-order valence-electron chi connectivity index (χ3n) is 3.22. The molecule has 0 bridgehead atoms. The summed E-state index contributed by atoms with van der Waals surface area (Å²) in [4.78, 5) is 27.6. The molecule has 1 aromatic heterocycles. The van der Waals surface area contributed by atoms with Crippen molar-refractivity contribution < 1.29 is 18.1 Å². The predicted octanol–water partition coefficient (Wildman–Crippen LogP) is -0.0604. The average Bonchev–Trinajstić information content (AvgIpc) is 2.66. The van der Waals surface area contributed by atoms with E-state index in [1.54, 1.807) is 6.92 Å². The number of carbonyl (C=O) groups excluding carboxylic acids is 1. The molecule has 9 nitrogen and oxygen atoms in total. The van der Waals surface area contributed by atoms with E-state index in [9.17, 15) is 23.3 Å². The number of nitrogens with two attached hydrogens (primary N) is 1. The van der Waals surface area contributed by atoms with E-state index in [1.165, 1.54) is 12.3 Å². The van der Waals surface area contributed by atoms with E-state index in [0.29, 0.717) is 5.56 Å². The number of aryl methyl sites for hydroxylation is 1. The highest BCUT2D eigenvalue weighted by molar-refractivity contribution is 7.89. The molecule has 2 heterocycles. The first-order valence-electron chi connectivity index (χ1n) is 6.10. The van der Waals surface area contributed by atoms with E-state index in [4.69, 9.17) is 5.14 Å². The lowest BCUT2D eigenvalue weighted by molar-refractivity contribution is -0.384. The Labute approximate surface area is 121 Å². The van der Waals surface area contributed by atoms with Crippen LogP contribution in [0.1, 0.15) is 12.0 Å². The fourth-order valence-electron chi connectivity index (χ4n) is 2.39. The quantitative estimate of drug-likeness (QED) is 0.610. The number of primary sulfonamides is 1. The maximum atomic E-state index is 12.0. The first-order valence-corrected chi connectivity index (χ1v) is 7.81. The second kappa shape index (κ2) is 5.37. The number of rotatable bonds is 4. The maximum absolute atomic E-state index is 12.0. The normalized spacial score (nSPS) is 19.0. The number of anilines is 1. The maximum Gasteiger partial charge on any atom is 0.314 e. The van der Waals surface area contributed by atoms with Crippen molar-refractivity contribution in [2.75, 3.05) is 17.2 Å². The molecular weight excluding hydrogens is 300 g/mol. The molecule has 2 rings (SSSR count). The molecule has 10 heteroatoms. The van der Waals surface area contributed by atoms with Gasteiger partial charge in [0.2, 0.25) is 21.7 Å². The van der Waals surface area contributed by atoms with Gasteiger partial charge in [0.1, 0.15) is 0 Å². The van der Waals surface area contributed by atoms with Crippen molar-refractivity contribution in [3.63, 3.8) is 0 Å². The van der Waals surface area contributed by atoms with Crippen molar-refractivity contribution in [2.45, 2.75) is 13.3 Å². The van der Waals surface area contributed by atoms with Crippen molar-refractivity contribution in [3.8, 4) is 0 Å². The zero-order chi connectivity index (χ0) is 15.8. The van der Waals surface area contributed by atoms with Crippen LogP contribution in [0.5, 0.6) is 0 Å². The zero-order valence-corrected chi connectivity index (χ0v) is 12.0. The van der Waals surface area contributed by atoms with Crippen LogP contribution in [-0.2, 0) is 14.8 Å². The van der Waals surface area contributed by atoms with Gasteiger partial charge in [-0.3, -0.25) is 19.8 Å². The Hall–Kier alpha value is -2.07. The molecule has 0 saturated carbocycles. The van der Waals surface area contributed by atoms with Gasteiger partial charge in [0.15, 0.2) is 0 Å². The second-order valence-corrected chi connectivity index (χ2v) is 6.62. The van der Waals surface area contributed by atoms with Crippen LogP contribution >= 0.6 is 0 Å². The molecule has 1 atom stereocenters. The minimum Gasteiger partial charge on any atom is -0.291 e. The third-order valence-corrected chi connectivity index (χ3v) is 4.15. The predicted molar refractivity (Wildman–Crippen MR) is 74.1 cm³/mol. The van der Waals surface area contributed by atoms with E-state index >= 15 is 0 Å². The molecule has 1 aliphatic heterocycles. The largest absolute Gasteiger partial charge is 0.314 e. The van der Waals surface area contributed by atoms with Crippen molar-refractivity contribution in [1.29, 1.82) is 0 Å². The Bertz CT molecular complexity index is 703. The summed E-state index contributed by atoms with van der Waals surface area (Å²) in [6, 6.07) is 1.48. The molecule has 1 fully saturated rings. The van der Waals surface area contributed by atoms with Gasteiger partial charge in [0.25, 0.3) is 0 Å². The first kappa shape index (κ1) is 15.3. The fraction of sp³-hybridized carbons (Fsp3) is 0.455. The van der Waals surface area contributed by atoms with Crippen molar-refractivity contribution in [3.05, 3.63) is 27.9 Å². The summed E-state index contributed by atoms with van der Waals surface area (Å²) in [5.41, 5.74) is 0.134. The highest BCUT2D eigenvalue weighted by Gasteiger charge is 2.37. The van der Waals surface area contributed by atoms with Crippen LogP contribution in [0.25, 0.3) is 0 Å². The van der Waals surface area contributed by atoms with Crippen LogP contribution in [-0.4, -0.2) is 36.5 Å². The van der Waals surface area contributed by atoms with Crippen LogP contribution in [0.4, 0.5) is 11.5 Å². The molecule has 1 unspecified atom stereocenters. The van der Waals surface area contributed by atoms with E-state index in [1.807, 2.05) is 0 Å². The number of hydrogen-bond donors (Lipinski definition) is 1. The van der Waals surface area contributed by atoms with E-state index in [0.717, 1.165) is 4.90 Å². The lowest BCUT2D eigenvalue weighted by Gasteiger charge is -2.16. The van der Waals surface area contributed by atoms with Crippen LogP contribution in [0.3, 0.4) is 0 Å². The van der Waals surface area contributed by atoms with Gasteiger partial charge in [-0.1, -0.05) is 0 Å². The molecule has 0 radical (unpaired) electrons. The molecule has 1 amide bonds. The number of aromatic nitrogens is 1. The number of nitrogens with zero attached hydrogens (tertiary/aromatic N) is 3. The minimum absolute atomic E-state index is 0.0246. The van der Waals surface area contributed by atoms with Crippen LogP contribution in [0.15, 0.2) is 12.3 Å². The molecule has 1 saturated heterocycles. The number of nitro groups is 1. The number of amides is 1. The molecule has 114 valence electrons.